The molecule has 2 nitrogen and oxygen atoms in total. The van der Waals surface area contributed by atoms with Gasteiger partial charge in [-0.15, -0.1) is 0 Å². The molecule has 0 aliphatic heterocycles. The molecular formula is C3H8I2N2Pt. The zero-order valence-electron chi connectivity index (χ0n) is 4.09. The summed E-state index contributed by atoms with van der Waals surface area (Å²) < 4.78 is 0. The minimum atomic E-state index is 0.329. The van der Waals surface area contributed by atoms with Crippen LogP contribution in [0.1, 0.15) is 6.42 Å². The Morgan fingerprint density at radius 1 is 1.25 bits per heavy atom. The molecule has 0 spiro atoms. The van der Waals surface area contributed by atoms with Crippen molar-refractivity contribution in [2.24, 2.45) is 11.5 Å². The van der Waals surface area contributed by atoms with Crippen LogP contribution in [0.3, 0.4) is 0 Å². The first-order valence-electron chi connectivity index (χ1n) is 2.06. The zero-order valence-corrected chi connectivity index (χ0v) is 10.7. The van der Waals surface area contributed by atoms with Crippen LogP contribution in [0.25, 0.3) is 0 Å². The maximum absolute atomic E-state index is 5.24. The van der Waals surface area contributed by atoms with Crippen molar-refractivity contribution in [3.05, 3.63) is 0 Å². The maximum atomic E-state index is 5.24. The summed E-state index contributed by atoms with van der Waals surface area (Å²) in [6.07, 6.45) is 1.03. The van der Waals surface area contributed by atoms with Crippen LogP contribution in [0, 0.1) is 0 Å². The fourth-order valence-corrected chi connectivity index (χ4v) is 0.236. The van der Waals surface area contributed by atoms with E-state index in [9.17, 15) is 0 Å². The quantitative estimate of drug-likeness (QED) is 0.465. The Morgan fingerprint density at radius 3 is 1.38 bits per heavy atom. The molecule has 2 atom stereocenters. The number of hydrogen-bond donors (Lipinski definition) is 2. The van der Waals surface area contributed by atoms with Crippen molar-refractivity contribution in [1.82, 2.24) is 0 Å². The van der Waals surface area contributed by atoms with Crippen LogP contribution in [-0.2, 0) is 11.2 Å². The molecule has 1 aliphatic carbocycles. The molecule has 1 fully saturated rings. The van der Waals surface area contributed by atoms with Gasteiger partial charge < -0.3 is 11.5 Å². The summed E-state index contributed by atoms with van der Waals surface area (Å²) in [7, 11) is 0. The summed E-state index contributed by atoms with van der Waals surface area (Å²) in [5.41, 5.74) is 10.5. The van der Waals surface area contributed by atoms with Gasteiger partial charge in [0.25, 0.3) is 0 Å². The molecule has 1 rings (SSSR count). The first kappa shape index (κ1) is 10.1. The van der Waals surface area contributed by atoms with Gasteiger partial charge in [0, 0.05) is 12.1 Å². The number of hydrogen-bond acceptors (Lipinski definition) is 2. The molecule has 0 amide bonds. The Kier molecular flexibility index (Phi) is 7.33. The summed E-state index contributed by atoms with van der Waals surface area (Å²) in [5, 5.41) is 0. The van der Waals surface area contributed by atoms with Gasteiger partial charge in [-0.25, -0.2) is 0 Å². The molecule has 54 valence electrons. The third-order valence-electron chi connectivity index (χ3n) is 0.891. The van der Waals surface area contributed by atoms with Gasteiger partial charge in [0.1, 0.15) is 0 Å². The van der Waals surface area contributed by atoms with Gasteiger partial charge in [0.2, 0.25) is 0 Å². The van der Waals surface area contributed by atoms with E-state index in [1.54, 1.807) is 0 Å². The molecule has 0 saturated heterocycles. The summed E-state index contributed by atoms with van der Waals surface area (Å²) in [6.45, 7) is 0. The molecular weight excluding hydrogens is 513 g/mol. The summed E-state index contributed by atoms with van der Waals surface area (Å²) in [4.78, 5) is 0. The van der Waals surface area contributed by atoms with Crippen molar-refractivity contribution in [3.63, 3.8) is 0 Å². The Labute approximate surface area is 78.7 Å². The molecule has 4 N–H and O–H groups in total. The van der Waals surface area contributed by atoms with E-state index < -0.39 is 0 Å². The third kappa shape index (κ3) is 6.19. The topological polar surface area (TPSA) is 52.0 Å². The fourth-order valence-electron chi connectivity index (χ4n) is 0.236. The Hall–Kier alpha value is 2.07. The van der Waals surface area contributed by atoms with Gasteiger partial charge in [-0.3, -0.25) is 0 Å². The van der Waals surface area contributed by atoms with Gasteiger partial charge in [0.15, 0.2) is 0 Å². The molecule has 0 unspecified atom stereocenters. The van der Waals surface area contributed by atoms with Crippen molar-refractivity contribution in [2.45, 2.75) is 18.5 Å². The molecule has 0 aromatic heterocycles. The molecule has 5 heteroatoms. The average molecular weight is 521 g/mol. The van der Waals surface area contributed by atoms with Crippen LogP contribution in [0.15, 0.2) is 0 Å². The number of nitrogens with two attached hydrogens (primary N) is 2. The van der Waals surface area contributed by atoms with E-state index in [-0.39, 0.29) is 0 Å². The second-order valence-electron chi connectivity index (χ2n) is 1.61. The Balaban J connectivity index is 0.000000145. The number of halogens is 2. The summed E-state index contributed by atoms with van der Waals surface area (Å²) in [6, 6.07) is 0.657. The second-order valence-corrected chi connectivity index (χ2v) is 18.2. The van der Waals surface area contributed by atoms with E-state index in [1.165, 1.54) is 0 Å². The molecule has 1 saturated carbocycles. The molecule has 8 heavy (non-hydrogen) atoms. The molecule has 0 aromatic rings. The first-order chi connectivity index (χ1) is 3.72. The van der Waals surface area contributed by atoms with E-state index in [4.69, 9.17) is 11.5 Å². The van der Waals surface area contributed by atoms with Crippen LogP contribution in [0.2, 0.25) is 0 Å². The Bertz CT molecular complexity index is 57.2. The van der Waals surface area contributed by atoms with E-state index in [2.05, 4.69) is 38.7 Å². The van der Waals surface area contributed by atoms with E-state index >= 15 is 0 Å². The van der Waals surface area contributed by atoms with Crippen molar-refractivity contribution >= 4 is 38.7 Å². The predicted molar refractivity (Wildman–Crippen MR) is 48.6 cm³/mol. The van der Waals surface area contributed by atoms with Crippen molar-refractivity contribution in [3.8, 4) is 0 Å². The molecule has 0 aromatic carbocycles. The van der Waals surface area contributed by atoms with E-state index in [1.807, 2.05) is 0 Å². The first-order valence-corrected chi connectivity index (χ1v) is 14.9. The average Bonchev–Trinajstić information content (AvgIpc) is 2.22. The van der Waals surface area contributed by atoms with Crippen molar-refractivity contribution in [1.29, 1.82) is 0 Å². The molecule has 0 heterocycles. The zero-order chi connectivity index (χ0) is 6.57. The Morgan fingerprint density at radius 2 is 1.38 bits per heavy atom. The summed E-state index contributed by atoms with van der Waals surface area (Å²) >= 11 is 5.30. The van der Waals surface area contributed by atoms with Crippen molar-refractivity contribution < 1.29 is 11.2 Å². The monoisotopic (exact) mass is 521 g/mol. The van der Waals surface area contributed by atoms with Gasteiger partial charge in [-0.2, -0.15) is 0 Å². The predicted octanol–water partition coefficient (Wildman–Crippen LogP) is 0.814. The molecule has 1 aliphatic rings. The van der Waals surface area contributed by atoms with Crippen molar-refractivity contribution in [2.75, 3.05) is 0 Å². The fraction of sp³-hybridized carbons (Fsp3) is 1.00. The third-order valence-corrected chi connectivity index (χ3v) is 0.891. The van der Waals surface area contributed by atoms with Gasteiger partial charge in [-0.1, -0.05) is 0 Å². The normalized spacial score (nSPS) is 33.5. The van der Waals surface area contributed by atoms with Crippen LogP contribution < -0.4 is 11.5 Å². The minimum absolute atomic E-state index is 0.329. The van der Waals surface area contributed by atoms with Gasteiger partial charge >= 0.3 is 49.9 Å². The van der Waals surface area contributed by atoms with Crippen LogP contribution >= 0.6 is 38.7 Å². The van der Waals surface area contributed by atoms with E-state index in [0.29, 0.717) is 23.3 Å². The molecule has 0 bridgehead atoms. The second kappa shape index (κ2) is 5.82. The van der Waals surface area contributed by atoms with Crippen LogP contribution in [0.4, 0.5) is 0 Å². The SMILES string of the molecule is N[C@@H]1C[C@H]1N.[I][Pt][I]. The molecule has 0 radical (unpaired) electrons. The standard InChI is InChI=1S/C3H8N2.2HI.Pt/c4-2-1-3(2)5;;;/h2-3H,1,4-5H2;2*1H;/q;;;+2/p-2/t2-,3-;;;/m1.../s1. The van der Waals surface area contributed by atoms with E-state index in [0.717, 1.165) is 6.42 Å². The van der Waals surface area contributed by atoms with Crippen LogP contribution in [0.5, 0.6) is 0 Å². The van der Waals surface area contributed by atoms with Crippen LogP contribution in [-0.4, -0.2) is 12.1 Å². The number of rotatable bonds is 0. The van der Waals surface area contributed by atoms with Gasteiger partial charge in [-0.05, 0) is 6.42 Å². The summed E-state index contributed by atoms with van der Waals surface area (Å²) in [5.74, 6) is 0. The van der Waals surface area contributed by atoms with Gasteiger partial charge in [0.05, 0.1) is 0 Å².